The van der Waals surface area contributed by atoms with Crippen molar-refractivity contribution in [3.05, 3.63) is 255 Å². The van der Waals surface area contributed by atoms with Gasteiger partial charge in [0, 0.05) is 44.6 Å². The van der Waals surface area contributed by atoms with Crippen LogP contribution < -0.4 is 9.80 Å². The maximum absolute atomic E-state index is 7.22. The summed E-state index contributed by atoms with van der Waals surface area (Å²) in [4.78, 5) is 4.73. The molecule has 306 valence electrons. The summed E-state index contributed by atoms with van der Waals surface area (Å²) in [5.41, 5.74) is 14.8. The molecule has 3 nitrogen and oxygen atoms in total. The van der Waals surface area contributed by atoms with E-state index in [0.29, 0.717) is 0 Å². The number of benzene rings is 11. The first-order chi connectivity index (χ1) is 32.2. The molecule has 0 aliphatic rings. The predicted molar refractivity (Wildman–Crippen MR) is 274 cm³/mol. The van der Waals surface area contributed by atoms with Gasteiger partial charge in [-0.05, 0) is 122 Å². The van der Waals surface area contributed by atoms with Crippen molar-refractivity contribution in [3.8, 4) is 33.4 Å². The van der Waals surface area contributed by atoms with Crippen molar-refractivity contribution in [1.29, 1.82) is 0 Å². The summed E-state index contributed by atoms with van der Waals surface area (Å²) in [6, 6.07) is 91.3. The minimum Gasteiger partial charge on any atom is -0.453 e. The minimum absolute atomic E-state index is 0.816. The fourth-order valence-corrected chi connectivity index (χ4v) is 9.47. The van der Waals surface area contributed by atoms with Crippen molar-refractivity contribution >= 4 is 77.6 Å². The van der Waals surface area contributed by atoms with E-state index in [0.717, 1.165) is 78.0 Å². The van der Waals surface area contributed by atoms with Gasteiger partial charge in [0.25, 0.3) is 0 Å². The molecule has 0 atom stereocenters. The van der Waals surface area contributed by atoms with E-state index in [1.807, 2.05) is 0 Å². The van der Waals surface area contributed by atoms with Crippen LogP contribution in [0.2, 0.25) is 0 Å². The maximum atomic E-state index is 7.22. The van der Waals surface area contributed by atoms with Gasteiger partial charge in [0.15, 0.2) is 5.58 Å². The third kappa shape index (κ3) is 6.97. The first-order valence-electron chi connectivity index (χ1n) is 22.2. The van der Waals surface area contributed by atoms with Crippen LogP contribution in [0.4, 0.5) is 34.1 Å². The number of para-hydroxylation sites is 2. The third-order valence-electron chi connectivity index (χ3n) is 12.6. The number of hydrogen-bond donors (Lipinski definition) is 0. The molecule has 11 aromatic carbocycles. The van der Waals surface area contributed by atoms with Crippen LogP contribution in [-0.2, 0) is 0 Å². The smallest absolute Gasteiger partial charge is 0.159 e. The van der Waals surface area contributed by atoms with E-state index in [1.165, 1.54) is 33.0 Å². The quantitative estimate of drug-likeness (QED) is 0.144. The topological polar surface area (TPSA) is 19.6 Å². The fourth-order valence-electron chi connectivity index (χ4n) is 9.47. The summed E-state index contributed by atoms with van der Waals surface area (Å²) in [5.74, 6) is 0. The van der Waals surface area contributed by atoms with Gasteiger partial charge >= 0.3 is 0 Å². The highest BCUT2D eigenvalue weighted by atomic mass is 16.3. The Hall–Kier alpha value is -8.66. The normalized spacial score (nSPS) is 11.4. The van der Waals surface area contributed by atoms with E-state index in [2.05, 4.69) is 265 Å². The largest absolute Gasteiger partial charge is 0.453 e. The molecular formula is C62H42N2O. The van der Waals surface area contributed by atoms with Gasteiger partial charge in [-0.1, -0.05) is 182 Å². The second-order valence-corrected chi connectivity index (χ2v) is 16.5. The summed E-state index contributed by atoms with van der Waals surface area (Å²) >= 11 is 0. The van der Waals surface area contributed by atoms with Crippen LogP contribution in [0.3, 0.4) is 0 Å². The highest BCUT2D eigenvalue weighted by Crippen LogP contribution is 2.49. The van der Waals surface area contributed by atoms with Crippen LogP contribution in [0.1, 0.15) is 0 Å². The molecule has 65 heavy (non-hydrogen) atoms. The van der Waals surface area contributed by atoms with Gasteiger partial charge in [-0.15, -0.1) is 0 Å². The Morgan fingerprint density at radius 2 is 0.785 bits per heavy atom. The van der Waals surface area contributed by atoms with Gasteiger partial charge in [0.1, 0.15) is 5.58 Å². The van der Waals surface area contributed by atoms with E-state index in [4.69, 9.17) is 4.42 Å². The van der Waals surface area contributed by atoms with Crippen LogP contribution in [0.15, 0.2) is 259 Å². The van der Waals surface area contributed by atoms with Crippen LogP contribution >= 0.6 is 0 Å². The Labute approximate surface area is 378 Å². The van der Waals surface area contributed by atoms with Crippen molar-refractivity contribution in [1.82, 2.24) is 0 Å². The second-order valence-electron chi connectivity index (χ2n) is 16.5. The molecule has 1 aromatic heterocycles. The Kier molecular flexibility index (Phi) is 9.50. The van der Waals surface area contributed by atoms with Gasteiger partial charge in [0.05, 0.1) is 5.69 Å². The van der Waals surface area contributed by atoms with Crippen molar-refractivity contribution in [2.75, 3.05) is 9.80 Å². The SMILES string of the molecule is c1ccc(-c2ccc(N(c3ccccc3)c3cc(N(c4ccccc4)c4ccc(-c5ccc6ccccc6c5)c(-c5ccccc5)c4)c4oc5c6ccccc6ccc5c4c3)cc2)cc1. The van der Waals surface area contributed by atoms with Gasteiger partial charge in [-0.25, -0.2) is 0 Å². The number of hydrogen-bond acceptors (Lipinski definition) is 3. The zero-order valence-electron chi connectivity index (χ0n) is 35.6. The molecule has 12 aromatic rings. The first kappa shape index (κ1) is 38.0. The van der Waals surface area contributed by atoms with Crippen molar-refractivity contribution in [2.24, 2.45) is 0 Å². The molecule has 0 amide bonds. The average molecular weight is 831 g/mol. The molecule has 0 radical (unpaired) electrons. The standard InChI is InChI=1S/C62H42N2O/c1-5-17-43(18-6-1)45-31-34-52(35-32-45)63(50-24-9-3-10-25-50)54-41-59-57-37-33-47-22-15-16-28-56(47)61(57)65-62(59)60(42-54)64(51-26-11-4-12-27-51)53-36-38-55(58(40-53)46-20-7-2-8-21-46)49-30-29-44-19-13-14-23-48(44)39-49/h1-42H. The number of rotatable bonds is 9. The van der Waals surface area contributed by atoms with E-state index >= 15 is 0 Å². The number of furan rings is 1. The van der Waals surface area contributed by atoms with E-state index in [9.17, 15) is 0 Å². The summed E-state index contributed by atoms with van der Waals surface area (Å²) in [7, 11) is 0. The van der Waals surface area contributed by atoms with Crippen LogP contribution in [0, 0.1) is 0 Å². The Balaban J connectivity index is 1.13. The van der Waals surface area contributed by atoms with Crippen LogP contribution in [0.25, 0.3) is 76.9 Å². The molecule has 0 unspecified atom stereocenters. The number of fused-ring (bicyclic) bond motifs is 6. The maximum Gasteiger partial charge on any atom is 0.159 e. The van der Waals surface area contributed by atoms with Crippen LogP contribution in [-0.4, -0.2) is 0 Å². The highest BCUT2D eigenvalue weighted by molar-refractivity contribution is 6.19. The molecule has 0 saturated carbocycles. The van der Waals surface area contributed by atoms with Gasteiger partial charge in [-0.2, -0.15) is 0 Å². The summed E-state index contributed by atoms with van der Waals surface area (Å²) in [6.45, 7) is 0. The molecule has 0 N–H and O–H groups in total. The molecule has 3 heteroatoms. The zero-order chi connectivity index (χ0) is 43.1. The lowest BCUT2D eigenvalue weighted by Gasteiger charge is -2.30. The van der Waals surface area contributed by atoms with Crippen molar-refractivity contribution < 1.29 is 4.42 Å². The molecule has 0 spiro atoms. The third-order valence-corrected chi connectivity index (χ3v) is 12.6. The summed E-state index contributed by atoms with van der Waals surface area (Å²) in [5, 5.41) is 6.78. The number of anilines is 6. The van der Waals surface area contributed by atoms with E-state index in [1.54, 1.807) is 0 Å². The van der Waals surface area contributed by atoms with Gasteiger partial charge in [-0.3, -0.25) is 0 Å². The van der Waals surface area contributed by atoms with Crippen molar-refractivity contribution in [3.63, 3.8) is 0 Å². The molecule has 12 rings (SSSR count). The first-order valence-corrected chi connectivity index (χ1v) is 22.2. The Morgan fingerprint density at radius 3 is 1.51 bits per heavy atom. The lowest BCUT2D eigenvalue weighted by molar-refractivity contribution is 0.673. The van der Waals surface area contributed by atoms with Crippen LogP contribution in [0.5, 0.6) is 0 Å². The molecule has 0 saturated heterocycles. The lowest BCUT2D eigenvalue weighted by Crippen LogP contribution is -2.13. The second kappa shape index (κ2) is 16.2. The molecular weight excluding hydrogens is 789 g/mol. The molecule has 0 aliphatic carbocycles. The predicted octanol–water partition coefficient (Wildman–Crippen LogP) is 17.8. The fraction of sp³-hybridized carbons (Fsp3) is 0. The molecule has 0 fully saturated rings. The summed E-state index contributed by atoms with van der Waals surface area (Å²) in [6.07, 6.45) is 0. The Morgan fingerprint density at radius 1 is 0.246 bits per heavy atom. The van der Waals surface area contributed by atoms with E-state index < -0.39 is 0 Å². The molecule has 0 aliphatic heterocycles. The average Bonchev–Trinajstić information content (AvgIpc) is 3.77. The molecule has 1 heterocycles. The highest BCUT2D eigenvalue weighted by Gasteiger charge is 2.25. The summed E-state index contributed by atoms with van der Waals surface area (Å²) < 4.78 is 7.22. The van der Waals surface area contributed by atoms with Gasteiger partial charge in [0.2, 0.25) is 0 Å². The minimum atomic E-state index is 0.816. The van der Waals surface area contributed by atoms with Crippen molar-refractivity contribution in [2.45, 2.75) is 0 Å². The monoisotopic (exact) mass is 830 g/mol. The lowest BCUT2D eigenvalue weighted by atomic mass is 9.92. The molecule has 0 bridgehead atoms. The zero-order valence-corrected chi connectivity index (χ0v) is 35.6. The van der Waals surface area contributed by atoms with E-state index in [-0.39, 0.29) is 0 Å². The number of nitrogens with zero attached hydrogens (tertiary/aromatic N) is 2. The van der Waals surface area contributed by atoms with Gasteiger partial charge < -0.3 is 14.2 Å². The Bertz CT molecular complexity index is 3640.